The normalized spacial score (nSPS) is 16.5. The van der Waals surface area contributed by atoms with E-state index in [1.807, 2.05) is 4.90 Å². The SMILES string of the molecule is O=C1COCCN1CCCCCCCCCS. The third-order valence-electron chi connectivity index (χ3n) is 3.17. The number of carbonyl (C=O) groups excluding carboxylic acids is 1. The molecule has 0 saturated carbocycles. The van der Waals surface area contributed by atoms with Gasteiger partial charge >= 0.3 is 0 Å². The third kappa shape index (κ3) is 6.94. The van der Waals surface area contributed by atoms with Crippen LogP contribution in [-0.2, 0) is 9.53 Å². The first kappa shape index (κ1) is 14.8. The molecule has 0 aromatic heterocycles. The number of morpholine rings is 1. The largest absolute Gasteiger partial charge is 0.370 e. The van der Waals surface area contributed by atoms with E-state index in [2.05, 4.69) is 12.6 Å². The van der Waals surface area contributed by atoms with E-state index in [4.69, 9.17) is 4.74 Å². The van der Waals surface area contributed by atoms with E-state index in [1.165, 1.54) is 38.5 Å². The second kappa shape index (κ2) is 9.77. The quantitative estimate of drug-likeness (QED) is 0.509. The fourth-order valence-corrected chi connectivity index (χ4v) is 2.31. The van der Waals surface area contributed by atoms with Crippen molar-refractivity contribution in [2.75, 3.05) is 32.1 Å². The Hall–Kier alpha value is -0.220. The Balaban J connectivity index is 1.88. The van der Waals surface area contributed by atoms with Crippen molar-refractivity contribution >= 4 is 18.5 Å². The van der Waals surface area contributed by atoms with Gasteiger partial charge in [0.05, 0.1) is 6.61 Å². The number of rotatable bonds is 9. The van der Waals surface area contributed by atoms with Gasteiger partial charge in [-0.05, 0) is 18.6 Å². The van der Waals surface area contributed by atoms with Gasteiger partial charge in [-0.25, -0.2) is 0 Å². The van der Waals surface area contributed by atoms with Gasteiger partial charge in [0.25, 0.3) is 0 Å². The lowest BCUT2D eigenvalue weighted by molar-refractivity contribution is -0.142. The van der Waals surface area contributed by atoms with Gasteiger partial charge in [0.15, 0.2) is 0 Å². The van der Waals surface area contributed by atoms with Crippen molar-refractivity contribution in [3.63, 3.8) is 0 Å². The van der Waals surface area contributed by atoms with Crippen LogP contribution in [0.5, 0.6) is 0 Å². The molecule has 4 heteroatoms. The molecule has 0 aromatic carbocycles. The molecule has 1 amide bonds. The molecule has 0 N–H and O–H groups in total. The van der Waals surface area contributed by atoms with E-state index in [0.717, 1.165) is 25.3 Å². The van der Waals surface area contributed by atoms with Crippen molar-refractivity contribution < 1.29 is 9.53 Å². The summed E-state index contributed by atoms with van der Waals surface area (Å²) < 4.78 is 5.10. The molecule has 0 unspecified atom stereocenters. The molecule has 0 atom stereocenters. The van der Waals surface area contributed by atoms with Crippen LogP contribution in [0.1, 0.15) is 44.9 Å². The Bertz CT molecular complexity index is 212. The third-order valence-corrected chi connectivity index (χ3v) is 3.49. The van der Waals surface area contributed by atoms with Crippen molar-refractivity contribution in [1.29, 1.82) is 0 Å². The minimum absolute atomic E-state index is 0.157. The minimum atomic E-state index is 0.157. The zero-order valence-electron chi connectivity index (χ0n) is 10.7. The number of hydrogen-bond acceptors (Lipinski definition) is 3. The van der Waals surface area contributed by atoms with E-state index < -0.39 is 0 Å². The van der Waals surface area contributed by atoms with E-state index >= 15 is 0 Å². The number of carbonyl (C=O) groups is 1. The number of thiol groups is 1. The van der Waals surface area contributed by atoms with Gasteiger partial charge in [0.2, 0.25) is 5.91 Å². The highest BCUT2D eigenvalue weighted by Crippen LogP contribution is 2.09. The number of nitrogens with zero attached hydrogens (tertiary/aromatic N) is 1. The molecule has 1 rings (SSSR count). The van der Waals surface area contributed by atoms with Gasteiger partial charge in [-0.3, -0.25) is 4.79 Å². The van der Waals surface area contributed by atoms with Crippen LogP contribution in [0.2, 0.25) is 0 Å². The van der Waals surface area contributed by atoms with E-state index in [1.54, 1.807) is 0 Å². The molecule has 1 aliphatic rings. The van der Waals surface area contributed by atoms with Gasteiger partial charge < -0.3 is 9.64 Å². The fraction of sp³-hybridized carbons (Fsp3) is 0.923. The lowest BCUT2D eigenvalue weighted by atomic mass is 10.1. The van der Waals surface area contributed by atoms with Crippen molar-refractivity contribution in [3.05, 3.63) is 0 Å². The van der Waals surface area contributed by atoms with Gasteiger partial charge in [-0.15, -0.1) is 0 Å². The van der Waals surface area contributed by atoms with Gasteiger partial charge in [-0.1, -0.05) is 32.1 Å². The predicted octanol–water partition coefficient (Wildman–Crippen LogP) is 2.51. The summed E-state index contributed by atoms with van der Waals surface area (Å²) >= 11 is 4.20. The number of amides is 1. The highest BCUT2D eigenvalue weighted by molar-refractivity contribution is 7.80. The summed E-state index contributed by atoms with van der Waals surface area (Å²) in [5.74, 6) is 1.17. The molecule has 0 aliphatic carbocycles. The Morgan fingerprint density at radius 2 is 1.71 bits per heavy atom. The zero-order valence-corrected chi connectivity index (χ0v) is 11.6. The molecule has 3 nitrogen and oxygen atoms in total. The van der Waals surface area contributed by atoms with E-state index in [9.17, 15) is 4.79 Å². The molecule has 17 heavy (non-hydrogen) atoms. The monoisotopic (exact) mass is 259 g/mol. The second-order valence-electron chi connectivity index (χ2n) is 4.63. The highest BCUT2D eigenvalue weighted by atomic mass is 32.1. The smallest absolute Gasteiger partial charge is 0.248 e. The molecular weight excluding hydrogens is 234 g/mol. The van der Waals surface area contributed by atoms with Crippen molar-refractivity contribution in [2.45, 2.75) is 44.9 Å². The Kier molecular flexibility index (Phi) is 8.53. The summed E-state index contributed by atoms with van der Waals surface area (Å²) in [5.41, 5.74) is 0. The maximum Gasteiger partial charge on any atom is 0.248 e. The topological polar surface area (TPSA) is 29.5 Å². The summed E-state index contributed by atoms with van der Waals surface area (Å²) in [6, 6.07) is 0. The average Bonchev–Trinajstić information content (AvgIpc) is 2.35. The molecule has 1 saturated heterocycles. The lowest BCUT2D eigenvalue weighted by Gasteiger charge is -2.26. The van der Waals surface area contributed by atoms with Crippen LogP contribution in [0, 0.1) is 0 Å². The van der Waals surface area contributed by atoms with Crippen LogP contribution in [0.25, 0.3) is 0 Å². The van der Waals surface area contributed by atoms with Gasteiger partial charge in [0, 0.05) is 13.1 Å². The van der Waals surface area contributed by atoms with Gasteiger partial charge in [0.1, 0.15) is 6.61 Å². The standard InChI is InChI=1S/C13H25NO2S/c15-13-12-16-10-9-14(13)8-6-4-2-1-3-5-7-11-17/h17H,1-12H2. The molecule has 1 aliphatic heterocycles. The maximum absolute atomic E-state index is 11.4. The van der Waals surface area contributed by atoms with Crippen LogP contribution in [0.3, 0.4) is 0 Å². The van der Waals surface area contributed by atoms with Crippen molar-refractivity contribution in [3.8, 4) is 0 Å². The summed E-state index contributed by atoms with van der Waals surface area (Å²) in [5, 5.41) is 0. The molecule has 100 valence electrons. The molecular formula is C13H25NO2S. The van der Waals surface area contributed by atoms with E-state index in [-0.39, 0.29) is 12.5 Å². The molecule has 1 heterocycles. The fourth-order valence-electron chi connectivity index (χ4n) is 2.09. The van der Waals surface area contributed by atoms with Crippen LogP contribution >= 0.6 is 12.6 Å². The van der Waals surface area contributed by atoms with Crippen molar-refractivity contribution in [2.24, 2.45) is 0 Å². The molecule has 0 aromatic rings. The molecule has 0 spiro atoms. The highest BCUT2D eigenvalue weighted by Gasteiger charge is 2.17. The van der Waals surface area contributed by atoms with Crippen LogP contribution in [0.4, 0.5) is 0 Å². The zero-order chi connectivity index (χ0) is 12.3. The van der Waals surface area contributed by atoms with Crippen molar-refractivity contribution in [1.82, 2.24) is 4.90 Å². The maximum atomic E-state index is 11.4. The second-order valence-corrected chi connectivity index (χ2v) is 5.08. The number of hydrogen-bond donors (Lipinski definition) is 1. The first-order valence-electron chi connectivity index (χ1n) is 6.81. The molecule has 0 radical (unpaired) electrons. The van der Waals surface area contributed by atoms with Crippen LogP contribution in [0.15, 0.2) is 0 Å². The Labute approximate surface area is 110 Å². The molecule has 1 fully saturated rings. The van der Waals surface area contributed by atoms with E-state index in [0.29, 0.717) is 6.61 Å². The first-order valence-corrected chi connectivity index (χ1v) is 7.44. The minimum Gasteiger partial charge on any atom is -0.370 e. The predicted molar refractivity (Wildman–Crippen MR) is 73.6 cm³/mol. The van der Waals surface area contributed by atoms with Crippen LogP contribution < -0.4 is 0 Å². The average molecular weight is 259 g/mol. The molecule has 0 bridgehead atoms. The number of unbranched alkanes of at least 4 members (excludes halogenated alkanes) is 6. The first-order chi connectivity index (χ1) is 8.34. The van der Waals surface area contributed by atoms with Crippen LogP contribution in [-0.4, -0.2) is 42.9 Å². The summed E-state index contributed by atoms with van der Waals surface area (Å²) in [6.07, 6.45) is 8.88. The number of ether oxygens (including phenoxy) is 1. The summed E-state index contributed by atoms with van der Waals surface area (Å²) in [4.78, 5) is 13.4. The Morgan fingerprint density at radius 3 is 2.35 bits per heavy atom. The summed E-state index contributed by atoms with van der Waals surface area (Å²) in [6.45, 7) is 2.68. The van der Waals surface area contributed by atoms with Gasteiger partial charge in [-0.2, -0.15) is 12.6 Å². The Morgan fingerprint density at radius 1 is 1.06 bits per heavy atom. The summed E-state index contributed by atoms with van der Waals surface area (Å²) in [7, 11) is 0. The lowest BCUT2D eigenvalue weighted by Crippen LogP contribution is -2.41.